The molecule has 2 N–H and O–H groups in total. The van der Waals surface area contributed by atoms with Gasteiger partial charge in [-0.25, -0.2) is 4.98 Å². The van der Waals surface area contributed by atoms with Crippen LogP contribution in [0.15, 0.2) is 34.9 Å². The van der Waals surface area contributed by atoms with Gasteiger partial charge in [0.2, 0.25) is 0 Å². The van der Waals surface area contributed by atoms with Crippen LogP contribution in [0.5, 0.6) is 0 Å². The largest absolute Gasteiger partial charge is 0.342 e. The highest BCUT2D eigenvalue weighted by Crippen LogP contribution is 2.27. The fourth-order valence-corrected chi connectivity index (χ4v) is 2.54. The summed E-state index contributed by atoms with van der Waals surface area (Å²) in [6.07, 6.45) is 2.98. The van der Waals surface area contributed by atoms with Crippen LogP contribution in [0, 0.1) is 0 Å². The van der Waals surface area contributed by atoms with Gasteiger partial charge in [-0.1, -0.05) is 41.1 Å². The van der Waals surface area contributed by atoms with Gasteiger partial charge in [0.1, 0.15) is 5.82 Å². The first-order valence-corrected chi connectivity index (χ1v) is 7.00. The van der Waals surface area contributed by atoms with Crippen molar-refractivity contribution in [1.29, 1.82) is 0 Å². The molecule has 0 aliphatic rings. The third-order valence-corrected chi connectivity index (χ3v) is 3.78. The van der Waals surface area contributed by atoms with Gasteiger partial charge < -0.3 is 10.3 Å². The van der Waals surface area contributed by atoms with E-state index in [0.717, 1.165) is 34.5 Å². The topological polar surface area (TPSA) is 40.7 Å². The number of benzene rings is 1. The lowest BCUT2D eigenvalue weighted by molar-refractivity contribution is 0.586. The average molecular weight is 308 g/mol. The molecule has 0 saturated carbocycles. The van der Waals surface area contributed by atoms with E-state index in [1.807, 2.05) is 31.4 Å². The van der Waals surface area contributed by atoms with E-state index in [0.29, 0.717) is 5.92 Å². The summed E-state index contributed by atoms with van der Waals surface area (Å²) in [5, 5.41) is 3.21. The maximum absolute atomic E-state index is 4.51. The number of hydrogen-bond donors (Lipinski definition) is 2. The number of aromatic amines is 1. The Morgan fingerprint density at radius 2 is 2.17 bits per heavy atom. The molecule has 96 valence electrons. The van der Waals surface area contributed by atoms with E-state index in [2.05, 4.69) is 44.2 Å². The minimum absolute atomic E-state index is 0.436. The summed E-state index contributed by atoms with van der Waals surface area (Å²) < 4.78 is 1.09. The van der Waals surface area contributed by atoms with Crippen molar-refractivity contribution in [3.05, 3.63) is 40.8 Å². The minimum atomic E-state index is 0.436. The molecule has 2 aromatic rings. The zero-order valence-electron chi connectivity index (χ0n) is 10.7. The highest BCUT2D eigenvalue weighted by molar-refractivity contribution is 9.10. The van der Waals surface area contributed by atoms with Gasteiger partial charge in [0.05, 0.1) is 11.9 Å². The van der Waals surface area contributed by atoms with Gasteiger partial charge in [-0.3, -0.25) is 0 Å². The van der Waals surface area contributed by atoms with E-state index < -0.39 is 0 Å². The van der Waals surface area contributed by atoms with Crippen molar-refractivity contribution < 1.29 is 0 Å². The Bertz CT molecular complexity index is 507. The van der Waals surface area contributed by atoms with Crippen LogP contribution >= 0.6 is 15.9 Å². The van der Waals surface area contributed by atoms with Crippen LogP contribution in [0.1, 0.15) is 25.1 Å². The standard InChI is InChI=1S/C14H18BrN3/c1-3-10(8-16-2)14-17-9-13(18-14)11-6-4-5-7-12(11)15/h4-7,9-10,16H,3,8H2,1-2H3,(H,17,18). The van der Waals surface area contributed by atoms with Crippen LogP contribution in [0.4, 0.5) is 0 Å². The maximum Gasteiger partial charge on any atom is 0.110 e. The summed E-state index contributed by atoms with van der Waals surface area (Å²) in [5.74, 6) is 1.49. The maximum atomic E-state index is 4.51. The van der Waals surface area contributed by atoms with Gasteiger partial charge in [0.25, 0.3) is 0 Å². The van der Waals surface area contributed by atoms with Gasteiger partial charge in [-0.2, -0.15) is 0 Å². The summed E-state index contributed by atoms with van der Waals surface area (Å²) in [6.45, 7) is 3.13. The number of H-pyrrole nitrogens is 1. The van der Waals surface area contributed by atoms with Crippen molar-refractivity contribution in [3.8, 4) is 11.3 Å². The van der Waals surface area contributed by atoms with E-state index >= 15 is 0 Å². The fourth-order valence-electron chi connectivity index (χ4n) is 2.04. The first kappa shape index (κ1) is 13.3. The third-order valence-electron chi connectivity index (χ3n) is 3.09. The highest BCUT2D eigenvalue weighted by atomic mass is 79.9. The van der Waals surface area contributed by atoms with Gasteiger partial charge in [0.15, 0.2) is 0 Å². The van der Waals surface area contributed by atoms with Crippen molar-refractivity contribution in [1.82, 2.24) is 15.3 Å². The molecule has 0 saturated heterocycles. The fraction of sp³-hybridized carbons (Fsp3) is 0.357. The van der Waals surface area contributed by atoms with Crippen LogP contribution in [0.2, 0.25) is 0 Å². The second-order valence-electron chi connectivity index (χ2n) is 4.32. The Kier molecular flexibility index (Phi) is 4.55. The van der Waals surface area contributed by atoms with Crippen LogP contribution in [0.25, 0.3) is 11.3 Å². The zero-order valence-corrected chi connectivity index (χ0v) is 12.3. The lowest BCUT2D eigenvalue weighted by atomic mass is 10.1. The molecule has 0 fully saturated rings. The first-order chi connectivity index (χ1) is 8.76. The smallest absolute Gasteiger partial charge is 0.110 e. The Morgan fingerprint density at radius 1 is 1.39 bits per heavy atom. The van der Waals surface area contributed by atoms with Gasteiger partial charge in [-0.05, 0) is 19.5 Å². The lowest BCUT2D eigenvalue weighted by Gasteiger charge is -2.10. The number of imidazole rings is 1. The summed E-state index contributed by atoms with van der Waals surface area (Å²) in [4.78, 5) is 7.93. The Labute approximate surface area is 116 Å². The number of halogens is 1. The molecule has 0 amide bonds. The van der Waals surface area contributed by atoms with Gasteiger partial charge in [0, 0.05) is 22.5 Å². The number of likely N-dealkylation sites (N-methyl/N-ethyl adjacent to an activating group) is 1. The van der Waals surface area contributed by atoms with Crippen LogP contribution in [-0.2, 0) is 0 Å². The monoisotopic (exact) mass is 307 g/mol. The molecule has 1 unspecified atom stereocenters. The Morgan fingerprint density at radius 3 is 2.83 bits per heavy atom. The molecule has 2 rings (SSSR count). The molecular formula is C14H18BrN3. The summed E-state index contributed by atoms with van der Waals surface area (Å²) >= 11 is 3.57. The average Bonchev–Trinajstić information content (AvgIpc) is 2.85. The zero-order chi connectivity index (χ0) is 13.0. The number of rotatable bonds is 5. The second kappa shape index (κ2) is 6.16. The van der Waals surface area contributed by atoms with Crippen LogP contribution in [0.3, 0.4) is 0 Å². The van der Waals surface area contributed by atoms with Crippen molar-refractivity contribution in [3.63, 3.8) is 0 Å². The second-order valence-corrected chi connectivity index (χ2v) is 5.18. The van der Waals surface area contributed by atoms with Crippen molar-refractivity contribution >= 4 is 15.9 Å². The van der Waals surface area contributed by atoms with E-state index in [-0.39, 0.29) is 0 Å². The molecule has 0 aliphatic heterocycles. The lowest BCUT2D eigenvalue weighted by Crippen LogP contribution is -2.17. The molecule has 1 heterocycles. The molecule has 1 atom stereocenters. The van der Waals surface area contributed by atoms with E-state index in [9.17, 15) is 0 Å². The van der Waals surface area contributed by atoms with E-state index in [4.69, 9.17) is 0 Å². The van der Waals surface area contributed by atoms with Crippen molar-refractivity contribution in [2.45, 2.75) is 19.3 Å². The molecule has 0 radical (unpaired) electrons. The van der Waals surface area contributed by atoms with Crippen molar-refractivity contribution in [2.24, 2.45) is 0 Å². The molecule has 0 aliphatic carbocycles. The number of nitrogens with zero attached hydrogens (tertiary/aromatic N) is 1. The number of hydrogen-bond acceptors (Lipinski definition) is 2. The summed E-state index contributed by atoms with van der Waals surface area (Å²) in [7, 11) is 1.97. The summed E-state index contributed by atoms with van der Waals surface area (Å²) in [5.41, 5.74) is 2.21. The molecule has 0 bridgehead atoms. The van der Waals surface area contributed by atoms with Gasteiger partial charge >= 0.3 is 0 Å². The van der Waals surface area contributed by atoms with Crippen LogP contribution < -0.4 is 5.32 Å². The quantitative estimate of drug-likeness (QED) is 0.887. The minimum Gasteiger partial charge on any atom is -0.342 e. The summed E-state index contributed by atoms with van der Waals surface area (Å²) in [6, 6.07) is 8.17. The Balaban J connectivity index is 2.28. The molecule has 1 aromatic heterocycles. The predicted octanol–water partition coefficient (Wildman–Crippen LogP) is 3.55. The SMILES string of the molecule is CCC(CNC)c1ncc(-c2ccccc2Br)[nH]1. The number of nitrogens with one attached hydrogen (secondary N) is 2. The van der Waals surface area contributed by atoms with Crippen LogP contribution in [-0.4, -0.2) is 23.6 Å². The highest BCUT2D eigenvalue weighted by Gasteiger charge is 2.13. The molecule has 4 heteroatoms. The predicted molar refractivity (Wildman–Crippen MR) is 78.7 cm³/mol. The normalized spacial score (nSPS) is 12.6. The Hall–Kier alpha value is -1.13. The molecule has 1 aromatic carbocycles. The first-order valence-electron chi connectivity index (χ1n) is 6.20. The molecular weight excluding hydrogens is 290 g/mol. The number of aromatic nitrogens is 2. The van der Waals surface area contributed by atoms with Crippen molar-refractivity contribution in [2.75, 3.05) is 13.6 Å². The molecule has 3 nitrogen and oxygen atoms in total. The molecule has 18 heavy (non-hydrogen) atoms. The van der Waals surface area contributed by atoms with Gasteiger partial charge in [-0.15, -0.1) is 0 Å². The van der Waals surface area contributed by atoms with E-state index in [1.165, 1.54) is 0 Å². The molecule has 0 spiro atoms. The van der Waals surface area contributed by atoms with E-state index in [1.54, 1.807) is 0 Å². The third kappa shape index (κ3) is 2.82.